The van der Waals surface area contributed by atoms with Crippen LogP contribution in [0.4, 0.5) is 0 Å². The molecule has 0 bridgehead atoms. The van der Waals surface area contributed by atoms with Gasteiger partial charge in [0.15, 0.2) is 5.16 Å². The molecule has 0 saturated heterocycles. The van der Waals surface area contributed by atoms with E-state index in [1.54, 1.807) is 0 Å². The molecule has 0 aliphatic carbocycles. The molecular weight excluding hydrogens is 416 g/mol. The predicted octanol–water partition coefficient (Wildman–Crippen LogP) is 5.00. The Morgan fingerprint density at radius 1 is 0.906 bits per heavy atom. The van der Waals surface area contributed by atoms with Crippen molar-refractivity contribution in [2.75, 3.05) is 12.3 Å². The average Bonchev–Trinajstić information content (AvgIpc) is 3.21. The van der Waals surface area contributed by atoms with Crippen LogP contribution in [0.5, 0.6) is 0 Å². The number of thioether (sulfide) groups is 1. The molecule has 3 aromatic carbocycles. The minimum absolute atomic E-state index is 0.00236. The zero-order valence-corrected chi connectivity index (χ0v) is 18.3. The molecule has 5 nitrogen and oxygen atoms in total. The predicted molar refractivity (Wildman–Crippen MR) is 128 cm³/mol. The third-order valence-corrected chi connectivity index (χ3v) is 5.88. The summed E-state index contributed by atoms with van der Waals surface area (Å²) in [6.45, 7) is 0.634. The quantitative estimate of drug-likeness (QED) is 0.311. The number of carbonyl (C=O) groups is 1. The van der Waals surface area contributed by atoms with Crippen molar-refractivity contribution < 1.29 is 4.79 Å². The maximum atomic E-state index is 12.2. The summed E-state index contributed by atoms with van der Waals surface area (Å²) in [5.74, 6) is 0.00369. The Labute approximate surface area is 191 Å². The number of carbonyl (C=O) groups excluding carboxylic acids is 1. The smallest absolute Gasteiger partial charge is 0.231 e. The number of imidazole rings is 1. The second-order valence-electron chi connectivity index (χ2n) is 7.12. The number of nitrogens with zero attached hydrogens (tertiary/aromatic N) is 3. The number of nitrogens with one attached hydrogen (secondary N) is 1. The zero-order valence-electron chi connectivity index (χ0n) is 17.4. The second-order valence-corrected chi connectivity index (χ2v) is 8.06. The summed E-state index contributed by atoms with van der Waals surface area (Å²) in [5.41, 5.74) is 5.13. The van der Waals surface area contributed by atoms with Crippen molar-refractivity contribution in [1.29, 1.82) is 5.26 Å². The fourth-order valence-electron chi connectivity index (χ4n) is 3.46. The van der Waals surface area contributed by atoms with E-state index < -0.39 is 0 Å². The summed E-state index contributed by atoms with van der Waals surface area (Å²) in [7, 11) is 0. The summed E-state index contributed by atoms with van der Waals surface area (Å²) in [6.07, 6.45) is 0. The first-order valence-electron chi connectivity index (χ1n) is 10.3. The molecule has 1 heterocycles. The molecule has 4 rings (SSSR count). The van der Waals surface area contributed by atoms with Crippen LogP contribution in [0.15, 0.2) is 96.2 Å². The minimum Gasteiger partial charge on any atom is -0.342 e. The first-order valence-corrected chi connectivity index (χ1v) is 11.3. The number of amides is 1. The van der Waals surface area contributed by atoms with Crippen LogP contribution in [0.1, 0.15) is 5.56 Å². The molecule has 4 aromatic rings. The van der Waals surface area contributed by atoms with Crippen molar-refractivity contribution in [3.8, 4) is 28.6 Å². The van der Waals surface area contributed by atoms with Crippen LogP contribution < -0.4 is 5.32 Å². The van der Waals surface area contributed by atoms with E-state index in [9.17, 15) is 4.79 Å². The second kappa shape index (κ2) is 10.5. The molecule has 1 aromatic heterocycles. The van der Waals surface area contributed by atoms with Gasteiger partial charge in [-0.05, 0) is 5.56 Å². The third kappa shape index (κ3) is 5.08. The summed E-state index contributed by atoms with van der Waals surface area (Å²) in [6, 6.07) is 32.5. The lowest BCUT2D eigenvalue weighted by Crippen LogP contribution is -2.25. The molecule has 6 heteroatoms. The molecular formula is C26H22N4OS. The maximum Gasteiger partial charge on any atom is 0.231 e. The fourth-order valence-corrected chi connectivity index (χ4v) is 4.29. The SMILES string of the molecule is N#CCNC(=O)CSc1nc(-c2ccccc2)c(-c2ccccc2)n1Cc1ccccc1. The topological polar surface area (TPSA) is 70.7 Å². The van der Waals surface area contributed by atoms with Crippen molar-refractivity contribution in [2.24, 2.45) is 0 Å². The number of hydrogen-bond donors (Lipinski definition) is 1. The van der Waals surface area contributed by atoms with Crippen molar-refractivity contribution in [2.45, 2.75) is 11.7 Å². The fraction of sp³-hybridized carbons (Fsp3) is 0.115. The van der Waals surface area contributed by atoms with E-state index >= 15 is 0 Å². The van der Waals surface area contributed by atoms with Gasteiger partial charge in [0.25, 0.3) is 0 Å². The molecule has 0 unspecified atom stereocenters. The zero-order chi connectivity index (χ0) is 22.2. The number of rotatable bonds is 8. The average molecular weight is 439 g/mol. The van der Waals surface area contributed by atoms with E-state index in [1.165, 1.54) is 11.8 Å². The van der Waals surface area contributed by atoms with E-state index in [-0.39, 0.29) is 18.2 Å². The molecule has 1 amide bonds. The Morgan fingerprint density at radius 2 is 1.50 bits per heavy atom. The van der Waals surface area contributed by atoms with Gasteiger partial charge in [-0.3, -0.25) is 4.79 Å². The van der Waals surface area contributed by atoms with Crippen LogP contribution in [-0.4, -0.2) is 27.8 Å². The van der Waals surface area contributed by atoms with Crippen molar-refractivity contribution in [1.82, 2.24) is 14.9 Å². The highest BCUT2D eigenvalue weighted by molar-refractivity contribution is 7.99. The van der Waals surface area contributed by atoms with Gasteiger partial charge in [-0.1, -0.05) is 103 Å². The third-order valence-electron chi connectivity index (χ3n) is 4.91. The Balaban J connectivity index is 1.81. The Kier molecular flexibility index (Phi) is 7.01. The van der Waals surface area contributed by atoms with Crippen molar-refractivity contribution >= 4 is 17.7 Å². The van der Waals surface area contributed by atoms with E-state index in [1.807, 2.05) is 60.7 Å². The van der Waals surface area contributed by atoms with Gasteiger partial charge in [0.1, 0.15) is 6.54 Å². The lowest BCUT2D eigenvalue weighted by atomic mass is 10.0. The summed E-state index contributed by atoms with van der Waals surface area (Å²) < 4.78 is 2.18. The number of benzene rings is 3. The highest BCUT2D eigenvalue weighted by atomic mass is 32.2. The summed E-state index contributed by atoms with van der Waals surface area (Å²) in [5, 5.41) is 12.1. The summed E-state index contributed by atoms with van der Waals surface area (Å²) >= 11 is 1.38. The van der Waals surface area contributed by atoms with Gasteiger partial charge in [-0.15, -0.1) is 0 Å². The van der Waals surface area contributed by atoms with Gasteiger partial charge < -0.3 is 9.88 Å². The van der Waals surface area contributed by atoms with E-state index in [2.05, 4.69) is 46.3 Å². The van der Waals surface area contributed by atoms with E-state index in [0.29, 0.717) is 6.54 Å². The van der Waals surface area contributed by atoms with Gasteiger partial charge in [0.2, 0.25) is 5.91 Å². The molecule has 0 radical (unpaired) electrons. The molecule has 0 saturated carbocycles. The van der Waals surface area contributed by atoms with Crippen LogP contribution in [0.3, 0.4) is 0 Å². The lowest BCUT2D eigenvalue weighted by Gasteiger charge is -2.13. The standard InChI is InChI=1S/C26H22N4OS/c27-16-17-28-23(31)19-32-26-29-24(21-12-6-2-7-13-21)25(22-14-8-3-9-15-22)30(26)18-20-10-4-1-5-11-20/h1-15H,17-19H2,(H,28,31). The van der Waals surface area contributed by atoms with Gasteiger partial charge in [-0.2, -0.15) is 5.26 Å². The van der Waals surface area contributed by atoms with Crippen molar-refractivity contribution in [3.63, 3.8) is 0 Å². The molecule has 1 N–H and O–H groups in total. The molecule has 0 atom stereocenters. The molecule has 0 aliphatic heterocycles. The first kappa shape index (κ1) is 21.4. The number of aromatic nitrogens is 2. The first-order chi connectivity index (χ1) is 15.8. The Bertz CT molecular complexity index is 1220. The van der Waals surface area contributed by atoms with Crippen LogP contribution in [-0.2, 0) is 11.3 Å². The van der Waals surface area contributed by atoms with Gasteiger partial charge in [-0.25, -0.2) is 4.98 Å². The van der Waals surface area contributed by atoms with Crippen molar-refractivity contribution in [3.05, 3.63) is 96.6 Å². The maximum absolute atomic E-state index is 12.2. The minimum atomic E-state index is -0.187. The Morgan fingerprint density at radius 3 is 2.12 bits per heavy atom. The Hall–Kier alpha value is -3.82. The van der Waals surface area contributed by atoms with Gasteiger partial charge >= 0.3 is 0 Å². The number of hydrogen-bond acceptors (Lipinski definition) is 4. The van der Waals surface area contributed by atoms with Crippen LogP contribution in [0, 0.1) is 11.3 Å². The highest BCUT2D eigenvalue weighted by Gasteiger charge is 2.21. The molecule has 0 spiro atoms. The summed E-state index contributed by atoms with van der Waals surface area (Å²) in [4.78, 5) is 17.1. The molecule has 158 valence electrons. The molecule has 0 aliphatic rings. The normalized spacial score (nSPS) is 10.5. The molecule has 32 heavy (non-hydrogen) atoms. The van der Waals surface area contributed by atoms with Crippen LogP contribution in [0.2, 0.25) is 0 Å². The van der Waals surface area contributed by atoms with E-state index in [4.69, 9.17) is 10.2 Å². The highest BCUT2D eigenvalue weighted by Crippen LogP contribution is 2.36. The van der Waals surface area contributed by atoms with Gasteiger partial charge in [0, 0.05) is 11.1 Å². The molecule has 0 fully saturated rings. The lowest BCUT2D eigenvalue weighted by molar-refractivity contribution is -0.118. The number of nitriles is 1. The van der Waals surface area contributed by atoms with Crippen LogP contribution in [0.25, 0.3) is 22.5 Å². The largest absolute Gasteiger partial charge is 0.342 e. The van der Waals surface area contributed by atoms with Crippen LogP contribution >= 0.6 is 11.8 Å². The van der Waals surface area contributed by atoms with Gasteiger partial charge in [0.05, 0.1) is 29.8 Å². The monoisotopic (exact) mass is 438 g/mol. The van der Waals surface area contributed by atoms with E-state index in [0.717, 1.165) is 33.2 Å².